The number of rotatable bonds is 7. The summed E-state index contributed by atoms with van der Waals surface area (Å²) in [6.45, 7) is 1.96. The summed E-state index contributed by atoms with van der Waals surface area (Å²) in [5.41, 5.74) is 2.48. The highest BCUT2D eigenvalue weighted by Gasteiger charge is 2.09. The molecule has 0 spiro atoms. The molecule has 130 valence electrons. The van der Waals surface area contributed by atoms with Crippen molar-refractivity contribution in [1.82, 2.24) is 4.37 Å². The fourth-order valence-corrected chi connectivity index (χ4v) is 2.65. The van der Waals surface area contributed by atoms with E-state index in [9.17, 15) is 13.0 Å². The van der Waals surface area contributed by atoms with Gasteiger partial charge in [0.05, 0.1) is 13.7 Å². The number of aryl methyl sites for hydroxylation is 2. The van der Waals surface area contributed by atoms with Crippen LogP contribution in [-0.2, 0) is 21.6 Å². The van der Waals surface area contributed by atoms with Crippen molar-refractivity contribution in [2.45, 2.75) is 6.92 Å². The fourth-order valence-electron chi connectivity index (χ4n) is 1.84. The number of anilines is 1. The van der Waals surface area contributed by atoms with Crippen molar-refractivity contribution in [3.63, 3.8) is 0 Å². The maximum Gasteiger partial charge on any atom is 0.378 e. The number of aromatic nitrogens is 2. The van der Waals surface area contributed by atoms with Gasteiger partial charge in [-0.15, -0.1) is 0 Å². The molecule has 0 aliphatic rings. The summed E-state index contributed by atoms with van der Waals surface area (Å²) in [4.78, 5) is 1.78. The molecule has 1 aromatic carbocycles. The van der Waals surface area contributed by atoms with E-state index in [1.54, 1.807) is 22.8 Å². The quantitative estimate of drug-likeness (QED) is 0.316. The molecule has 0 unspecified atom stereocenters. The van der Waals surface area contributed by atoms with Crippen molar-refractivity contribution in [2.24, 2.45) is 17.3 Å². The van der Waals surface area contributed by atoms with Gasteiger partial charge < -0.3 is 9.45 Å². The Balaban J connectivity index is 2.03. The summed E-state index contributed by atoms with van der Waals surface area (Å²) in [7, 11) is -1.05. The van der Waals surface area contributed by atoms with Crippen LogP contribution in [0.4, 0.5) is 16.5 Å². The lowest BCUT2D eigenvalue weighted by molar-refractivity contribution is -0.656. The van der Waals surface area contributed by atoms with Crippen molar-refractivity contribution < 1.29 is 21.7 Å². The van der Waals surface area contributed by atoms with Crippen LogP contribution in [0.2, 0.25) is 0 Å². The van der Waals surface area contributed by atoms with Gasteiger partial charge in [-0.2, -0.15) is 0 Å². The molecule has 2 aromatic rings. The molecular weight excluding hydrogens is 354 g/mol. The van der Waals surface area contributed by atoms with Crippen LogP contribution in [0.25, 0.3) is 0 Å². The van der Waals surface area contributed by atoms with Crippen LogP contribution < -0.4 is 9.47 Å². The third-order valence-electron chi connectivity index (χ3n) is 3.18. The second kappa shape index (κ2) is 7.75. The monoisotopic (exact) mass is 371 g/mol. The first-order valence-electron chi connectivity index (χ1n) is 6.90. The van der Waals surface area contributed by atoms with Crippen LogP contribution in [0.3, 0.4) is 0 Å². The van der Waals surface area contributed by atoms with Crippen molar-refractivity contribution in [1.29, 1.82) is 0 Å². The minimum absolute atomic E-state index is 0.204. The van der Waals surface area contributed by atoms with Crippen molar-refractivity contribution in [3.05, 3.63) is 30.1 Å². The predicted molar refractivity (Wildman–Crippen MR) is 87.6 cm³/mol. The highest BCUT2D eigenvalue weighted by molar-refractivity contribution is 7.80. The summed E-state index contributed by atoms with van der Waals surface area (Å²) in [5, 5.41) is 9.06. The Morgan fingerprint density at radius 1 is 1.42 bits per heavy atom. The molecule has 0 amide bonds. The van der Waals surface area contributed by atoms with Gasteiger partial charge in [-0.25, -0.2) is 13.0 Å². The Kier molecular flexibility index (Phi) is 5.94. The van der Waals surface area contributed by atoms with E-state index in [4.69, 9.17) is 0 Å². The van der Waals surface area contributed by atoms with Crippen LogP contribution in [0.15, 0.2) is 34.8 Å². The van der Waals surface area contributed by atoms with Gasteiger partial charge >= 0.3 is 5.13 Å². The van der Waals surface area contributed by atoms with Gasteiger partial charge in [0, 0.05) is 24.4 Å². The minimum atomic E-state index is -4.66. The maximum atomic E-state index is 10.4. The number of nitrogens with zero attached hydrogens (tertiary/aromatic N) is 5. The summed E-state index contributed by atoms with van der Waals surface area (Å²) in [6, 6.07) is 5.54. The number of hydrogen-bond acceptors (Lipinski definition) is 9. The van der Waals surface area contributed by atoms with E-state index in [1.165, 1.54) is 11.5 Å². The topological polar surface area (TPSA) is 111 Å². The lowest BCUT2D eigenvalue weighted by Gasteiger charge is -2.20. The number of azo groups is 1. The minimum Gasteiger partial charge on any atom is -0.726 e. The van der Waals surface area contributed by atoms with Gasteiger partial charge in [0.25, 0.3) is 0 Å². The van der Waals surface area contributed by atoms with Crippen LogP contribution in [0, 0.1) is 6.92 Å². The molecule has 9 nitrogen and oxygen atoms in total. The Morgan fingerprint density at radius 2 is 2.17 bits per heavy atom. The standard InChI is InChI=1S/C13H17N5O4S2/c1-10-8-11(17(2)6-7-22-24(19,20)21)4-5-12(10)15-16-13-18(3)9-14-23-13/h4-5,8-9H,6-7H2,1-3H3. The highest BCUT2D eigenvalue weighted by Crippen LogP contribution is 2.26. The molecule has 0 N–H and O–H groups in total. The van der Waals surface area contributed by atoms with E-state index < -0.39 is 10.4 Å². The van der Waals surface area contributed by atoms with Gasteiger partial charge in [0.2, 0.25) is 16.7 Å². The molecule has 24 heavy (non-hydrogen) atoms. The molecule has 0 aliphatic carbocycles. The molecule has 0 saturated carbocycles. The maximum absolute atomic E-state index is 10.4. The SMILES string of the molecule is Cc1cc(N(C)CCOS(=O)(=O)[O-])ccc1N=Nc1snc[n+]1C. The first kappa shape index (κ1) is 18.4. The molecule has 11 heteroatoms. The first-order valence-corrected chi connectivity index (χ1v) is 9.01. The first-order chi connectivity index (χ1) is 11.3. The second-order valence-electron chi connectivity index (χ2n) is 5.03. The van der Waals surface area contributed by atoms with E-state index in [-0.39, 0.29) is 13.2 Å². The molecule has 0 bridgehead atoms. The van der Waals surface area contributed by atoms with E-state index in [0.717, 1.165) is 16.9 Å². The lowest BCUT2D eigenvalue weighted by atomic mass is 10.1. The van der Waals surface area contributed by atoms with E-state index in [2.05, 4.69) is 18.8 Å². The van der Waals surface area contributed by atoms with Gasteiger partial charge in [-0.05, 0) is 35.1 Å². The summed E-state index contributed by atoms with van der Waals surface area (Å²) in [5.74, 6) is 0. The zero-order valence-electron chi connectivity index (χ0n) is 13.4. The van der Waals surface area contributed by atoms with Crippen LogP contribution >= 0.6 is 11.5 Å². The zero-order valence-corrected chi connectivity index (χ0v) is 15.0. The fraction of sp³-hybridized carbons (Fsp3) is 0.385. The largest absolute Gasteiger partial charge is 0.726 e. The molecule has 1 heterocycles. The summed E-state index contributed by atoms with van der Waals surface area (Å²) < 4.78 is 41.2. The Hall–Kier alpha value is -1.95. The second-order valence-corrected chi connectivity index (χ2v) is 6.84. The van der Waals surface area contributed by atoms with Crippen LogP contribution in [-0.4, -0.2) is 37.5 Å². The molecule has 2 rings (SSSR count). The molecule has 0 atom stereocenters. The van der Waals surface area contributed by atoms with Crippen molar-refractivity contribution in [3.8, 4) is 0 Å². The van der Waals surface area contributed by atoms with E-state index in [0.29, 0.717) is 5.13 Å². The molecule has 0 fully saturated rings. The van der Waals surface area contributed by atoms with Gasteiger partial charge in [-0.3, -0.25) is 4.18 Å². The highest BCUT2D eigenvalue weighted by atomic mass is 32.3. The van der Waals surface area contributed by atoms with Crippen molar-refractivity contribution in [2.75, 3.05) is 25.1 Å². The summed E-state index contributed by atoms with van der Waals surface area (Å²) >= 11 is 1.25. The van der Waals surface area contributed by atoms with Gasteiger partial charge in [-0.1, -0.05) is 5.11 Å². The van der Waals surface area contributed by atoms with E-state index in [1.807, 2.05) is 32.2 Å². The lowest BCUT2D eigenvalue weighted by Crippen LogP contribution is -2.24. The van der Waals surface area contributed by atoms with Gasteiger partial charge in [0.15, 0.2) is 0 Å². The molecule has 0 radical (unpaired) electrons. The number of benzene rings is 1. The number of likely N-dealkylation sites (N-methyl/N-ethyl adjacent to an activating group) is 1. The Morgan fingerprint density at radius 3 is 2.75 bits per heavy atom. The normalized spacial score (nSPS) is 12.0. The third-order valence-corrected chi connectivity index (χ3v) is 4.36. The average molecular weight is 371 g/mol. The molecule has 0 saturated heterocycles. The van der Waals surface area contributed by atoms with E-state index >= 15 is 0 Å². The Labute approximate surface area is 144 Å². The number of hydrogen-bond donors (Lipinski definition) is 0. The van der Waals surface area contributed by atoms with Crippen LogP contribution in [0.5, 0.6) is 0 Å². The zero-order chi connectivity index (χ0) is 17.7. The van der Waals surface area contributed by atoms with Gasteiger partial charge in [0.1, 0.15) is 17.2 Å². The molecule has 0 aliphatic heterocycles. The van der Waals surface area contributed by atoms with Crippen molar-refractivity contribution >= 4 is 38.4 Å². The molecular formula is C13H17N5O4S2. The van der Waals surface area contributed by atoms with Crippen LogP contribution in [0.1, 0.15) is 5.56 Å². The third kappa shape index (κ3) is 5.30. The average Bonchev–Trinajstić information content (AvgIpc) is 2.90. The predicted octanol–water partition coefficient (Wildman–Crippen LogP) is 1.60. The molecule has 1 aromatic heterocycles. The summed E-state index contributed by atoms with van der Waals surface area (Å²) in [6.07, 6.45) is 1.66. The Bertz CT molecular complexity index is 835. The smallest absolute Gasteiger partial charge is 0.378 e.